The van der Waals surface area contributed by atoms with Crippen LogP contribution in [-0.4, -0.2) is 10.1 Å². The fourth-order valence-electron chi connectivity index (χ4n) is 2.68. The number of hydrogen-bond donors (Lipinski definition) is 3. The molecule has 0 spiro atoms. The number of benzene rings is 2. The number of H-pyrrole nitrogens is 1. The van der Waals surface area contributed by atoms with E-state index in [9.17, 15) is 9.90 Å². The van der Waals surface area contributed by atoms with Gasteiger partial charge in [0.25, 0.3) is 5.56 Å². The van der Waals surface area contributed by atoms with Crippen LogP contribution in [0, 0.1) is 0 Å². The van der Waals surface area contributed by atoms with Crippen LogP contribution in [0.25, 0.3) is 21.0 Å². The molecule has 0 fully saturated rings. The van der Waals surface area contributed by atoms with Gasteiger partial charge in [0.05, 0.1) is 0 Å². The third-order valence-corrected chi connectivity index (χ3v) is 5.11. The molecule has 0 aliphatic rings. The van der Waals surface area contributed by atoms with Gasteiger partial charge in [0.1, 0.15) is 5.75 Å². The summed E-state index contributed by atoms with van der Waals surface area (Å²) < 4.78 is 1.02. The number of hydrogen-bond acceptors (Lipinski definition) is 4. The summed E-state index contributed by atoms with van der Waals surface area (Å²) in [5.41, 5.74) is 2.11. The Hall–Kier alpha value is -2.50. The first-order chi connectivity index (χ1) is 11.6. The minimum absolute atomic E-state index is 0.128. The first-order valence-electron chi connectivity index (χ1n) is 7.36. The molecule has 0 aliphatic heterocycles. The maximum absolute atomic E-state index is 12.2. The molecule has 0 unspecified atom stereocenters. The van der Waals surface area contributed by atoms with Crippen molar-refractivity contribution in [2.75, 3.05) is 5.32 Å². The lowest BCUT2D eigenvalue weighted by molar-refractivity contribution is 0.484. The molecule has 4 aromatic rings. The number of anilines is 1. The van der Waals surface area contributed by atoms with E-state index in [0.717, 1.165) is 26.7 Å². The molecule has 2 aromatic heterocycles. The van der Waals surface area contributed by atoms with Gasteiger partial charge in [-0.2, -0.15) is 0 Å². The highest BCUT2D eigenvalue weighted by atomic mass is 35.5. The molecule has 0 bridgehead atoms. The third kappa shape index (κ3) is 2.72. The lowest BCUT2D eigenvalue weighted by Gasteiger charge is -2.08. The minimum Gasteiger partial charge on any atom is -0.506 e. The number of thiophene rings is 1. The normalized spacial score (nSPS) is 11.2. The van der Waals surface area contributed by atoms with E-state index < -0.39 is 0 Å². The Kier molecular flexibility index (Phi) is 3.67. The van der Waals surface area contributed by atoms with E-state index in [4.69, 9.17) is 11.6 Å². The van der Waals surface area contributed by atoms with Crippen molar-refractivity contribution in [2.45, 2.75) is 6.54 Å². The van der Waals surface area contributed by atoms with Crippen LogP contribution in [0.1, 0.15) is 5.56 Å². The molecule has 3 N–H and O–H groups in total. The summed E-state index contributed by atoms with van der Waals surface area (Å²) >= 11 is 7.51. The number of fused-ring (bicyclic) bond motifs is 2. The number of nitrogens with one attached hydrogen (secondary N) is 2. The predicted octanol–water partition coefficient (Wildman–Crippen LogP) is 4.71. The molecular weight excluding hydrogens is 344 g/mol. The second-order valence-electron chi connectivity index (χ2n) is 5.54. The standard InChI is InChI=1S/C18H13ClN2O2S/c19-12-1-3-15-10(6-12)5-11(18(23)21-15)8-20-13-2-4-17-14(7-13)16(22)9-24-17/h1-7,9,20,22H,8H2,(H,21,23). The SMILES string of the molecule is O=c1[nH]c2ccc(Cl)cc2cc1CNc1ccc2scc(O)c2c1. The van der Waals surface area contributed by atoms with Gasteiger partial charge in [0, 0.05) is 49.2 Å². The highest BCUT2D eigenvalue weighted by Gasteiger charge is 2.06. The Balaban J connectivity index is 1.64. The van der Waals surface area contributed by atoms with Crippen LogP contribution in [0.15, 0.2) is 52.6 Å². The van der Waals surface area contributed by atoms with Crippen LogP contribution >= 0.6 is 22.9 Å². The molecule has 24 heavy (non-hydrogen) atoms. The molecule has 0 radical (unpaired) electrons. The van der Waals surface area contributed by atoms with Crippen LogP contribution in [0.5, 0.6) is 5.75 Å². The molecule has 2 aromatic carbocycles. The lowest BCUT2D eigenvalue weighted by Crippen LogP contribution is -2.15. The fourth-order valence-corrected chi connectivity index (χ4v) is 3.66. The third-order valence-electron chi connectivity index (χ3n) is 3.92. The van der Waals surface area contributed by atoms with E-state index in [1.807, 2.05) is 30.3 Å². The van der Waals surface area contributed by atoms with Crippen molar-refractivity contribution in [1.82, 2.24) is 4.98 Å². The lowest BCUT2D eigenvalue weighted by atomic mass is 10.1. The number of aromatic nitrogens is 1. The Bertz CT molecular complexity index is 1120. The smallest absolute Gasteiger partial charge is 0.253 e. The zero-order chi connectivity index (χ0) is 16.7. The van der Waals surface area contributed by atoms with Crippen LogP contribution in [0.2, 0.25) is 5.02 Å². The van der Waals surface area contributed by atoms with E-state index in [0.29, 0.717) is 17.1 Å². The molecule has 0 saturated heterocycles. The summed E-state index contributed by atoms with van der Waals surface area (Å²) in [5.74, 6) is 0.275. The minimum atomic E-state index is -0.128. The van der Waals surface area contributed by atoms with Gasteiger partial charge < -0.3 is 15.4 Å². The summed E-state index contributed by atoms with van der Waals surface area (Å²) in [5, 5.41) is 17.1. The maximum atomic E-state index is 12.2. The number of aromatic amines is 1. The van der Waals surface area contributed by atoms with Crippen molar-refractivity contribution in [3.8, 4) is 5.75 Å². The summed E-state index contributed by atoms with van der Waals surface area (Å²) in [4.78, 5) is 15.1. The van der Waals surface area contributed by atoms with Gasteiger partial charge in [-0.15, -0.1) is 11.3 Å². The monoisotopic (exact) mass is 356 g/mol. The fraction of sp³-hybridized carbons (Fsp3) is 0.0556. The number of halogens is 1. The highest BCUT2D eigenvalue weighted by molar-refractivity contribution is 7.17. The number of rotatable bonds is 3. The Morgan fingerprint density at radius 3 is 2.92 bits per heavy atom. The first-order valence-corrected chi connectivity index (χ1v) is 8.61. The molecule has 0 saturated carbocycles. The van der Waals surface area contributed by atoms with E-state index >= 15 is 0 Å². The molecule has 2 heterocycles. The zero-order valence-electron chi connectivity index (χ0n) is 12.5. The predicted molar refractivity (Wildman–Crippen MR) is 100 cm³/mol. The molecule has 0 aliphatic carbocycles. The Labute approximate surface area is 146 Å². The molecule has 4 rings (SSSR count). The quantitative estimate of drug-likeness (QED) is 0.498. The van der Waals surface area contributed by atoms with Crippen LogP contribution in [0.4, 0.5) is 5.69 Å². The van der Waals surface area contributed by atoms with Crippen molar-refractivity contribution in [3.63, 3.8) is 0 Å². The van der Waals surface area contributed by atoms with Gasteiger partial charge >= 0.3 is 0 Å². The van der Waals surface area contributed by atoms with E-state index in [1.165, 1.54) is 11.3 Å². The van der Waals surface area contributed by atoms with Crippen molar-refractivity contribution in [3.05, 3.63) is 68.8 Å². The zero-order valence-corrected chi connectivity index (χ0v) is 14.0. The van der Waals surface area contributed by atoms with Gasteiger partial charge in [-0.05, 0) is 42.5 Å². The van der Waals surface area contributed by atoms with Crippen LogP contribution in [-0.2, 0) is 6.54 Å². The maximum Gasteiger partial charge on any atom is 0.253 e. The Morgan fingerprint density at radius 1 is 1.17 bits per heavy atom. The summed E-state index contributed by atoms with van der Waals surface area (Å²) in [6.45, 7) is 0.383. The Morgan fingerprint density at radius 2 is 2.04 bits per heavy atom. The number of pyridine rings is 1. The van der Waals surface area contributed by atoms with Crippen molar-refractivity contribution < 1.29 is 5.11 Å². The van der Waals surface area contributed by atoms with Crippen molar-refractivity contribution in [1.29, 1.82) is 0 Å². The van der Waals surface area contributed by atoms with Crippen molar-refractivity contribution in [2.24, 2.45) is 0 Å². The van der Waals surface area contributed by atoms with Gasteiger partial charge in [-0.3, -0.25) is 4.79 Å². The largest absolute Gasteiger partial charge is 0.506 e. The molecule has 4 nitrogen and oxygen atoms in total. The second kappa shape index (κ2) is 5.85. The summed E-state index contributed by atoms with van der Waals surface area (Å²) in [6.07, 6.45) is 0. The van der Waals surface area contributed by atoms with E-state index in [2.05, 4.69) is 10.3 Å². The summed E-state index contributed by atoms with van der Waals surface area (Å²) in [6, 6.07) is 13.0. The van der Waals surface area contributed by atoms with Gasteiger partial charge in [0.2, 0.25) is 0 Å². The van der Waals surface area contributed by atoms with E-state index in [-0.39, 0.29) is 11.3 Å². The molecule has 0 amide bonds. The van der Waals surface area contributed by atoms with Gasteiger partial charge in [-0.25, -0.2) is 0 Å². The topological polar surface area (TPSA) is 65.1 Å². The van der Waals surface area contributed by atoms with E-state index in [1.54, 1.807) is 17.5 Å². The first kappa shape index (κ1) is 15.1. The van der Waals surface area contributed by atoms with Crippen molar-refractivity contribution >= 4 is 49.6 Å². The van der Waals surface area contributed by atoms with Crippen LogP contribution < -0.4 is 10.9 Å². The number of aromatic hydroxyl groups is 1. The highest BCUT2D eigenvalue weighted by Crippen LogP contribution is 2.33. The van der Waals surface area contributed by atoms with Gasteiger partial charge in [-0.1, -0.05) is 11.6 Å². The average molecular weight is 357 g/mol. The van der Waals surface area contributed by atoms with Crippen LogP contribution in [0.3, 0.4) is 0 Å². The molecule has 6 heteroatoms. The molecular formula is C18H13ClN2O2S. The molecule has 0 atom stereocenters. The average Bonchev–Trinajstić information content (AvgIpc) is 2.94. The van der Waals surface area contributed by atoms with Gasteiger partial charge in [0.15, 0.2) is 0 Å². The summed E-state index contributed by atoms with van der Waals surface area (Å²) in [7, 11) is 0. The molecule has 120 valence electrons. The second-order valence-corrected chi connectivity index (χ2v) is 6.89.